The van der Waals surface area contributed by atoms with Gasteiger partial charge in [0.15, 0.2) is 5.82 Å². The van der Waals surface area contributed by atoms with Gasteiger partial charge in [0.1, 0.15) is 0 Å². The fraction of sp³-hybridized carbons (Fsp3) is 0.200. The van der Waals surface area contributed by atoms with Crippen LogP contribution in [0.4, 0.5) is 11.5 Å². The molecule has 2 aromatic carbocycles. The van der Waals surface area contributed by atoms with E-state index in [4.69, 9.17) is 4.74 Å². The van der Waals surface area contributed by atoms with E-state index in [0.717, 1.165) is 24.5 Å². The minimum absolute atomic E-state index is 0.218. The van der Waals surface area contributed by atoms with Crippen LogP contribution in [0.2, 0.25) is 0 Å². The Morgan fingerprint density at radius 3 is 2.39 bits per heavy atom. The molecule has 144 valence electrons. The maximum absolute atomic E-state index is 12.5. The monoisotopic (exact) mass is 396 g/mol. The van der Waals surface area contributed by atoms with Gasteiger partial charge in [-0.3, -0.25) is 4.72 Å². The van der Waals surface area contributed by atoms with Gasteiger partial charge >= 0.3 is 0 Å². The molecule has 1 saturated heterocycles. The van der Waals surface area contributed by atoms with E-state index in [9.17, 15) is 8.42 Å². The number of anilines is 2. The van der Waals surface area contributed by atoms with E-state index in [1.165, 1.54) is 0 Å². The maximum atomic E-state index is 12.5. The van der Waals surface area contributed by atoms with Gasteiger partial charge in [-0.05, 0) is 36.4 Å². The van der Waals surface area contributed by atoms with Crippen LogP contribution in [0, 0.1) is 0 Å². The lowest BCUT2D eigenvalue weighted by Crippen LogP contribution is -2.36. The molecule has 28 heavy (non-hydrogen) atoms. The Morgan fingerprint density at radius 2 is 1.68 bits per heavy atom. The number of hydrogen-bond donors (Lipinski definition) is 1. The van der Waals surface area contributed by atoms with Crippen molar-refractivity contribution in [3.63, 3.8) is 0 Å². The molecule has 0 aliphatic carbocycles. The van der Waals surface area contributed by atoms with Crippen LogP contribution < -0.4 is 9.62 Å². The first-order chi connectivity index (χ1) is 13.6. The van der Waals surface area contributed by atoms with E-state index in [-0.39, 0.29) is 4.90 Å². The van der Waals surface area contributed by atoms with Gasteiger partial charge in [0, 0.05) is 24.3 Å². The van der Waals surface area contributed by atoms with E-state index >= 15 is 0 Å². The third-order valence-electron chi connectivity index (χ3n) is 4.45. The van der Waals surface area contributed by atoms with E-state index in [1.54, 1.807) is 48.5 Å². The molecule has 2 heterocycles. The second kappa shape index (κ2) is 7.95. The molecule has 0 bridgehead atoms. The summed E-state index contributed by atoms with van der Waals surface area (Å²) in [5.74, 6) is 0.813. The Morgan fingerprint density at radius 1 is 0.893 bits per heavy atom. The zero-order valence-electron chi connectivity index (χ0n) is 15.2. The molecule has 1 aliphatic rings. The predicted molar refractivity (Wildman–Crippen MR) is 108 cm³/mol. The first-order valence-corrected chi connectivity index (χ1v) is 10.4. The molecule has 0 radical (unpaired) electrons. The summed E-state index contributed by atoms with van der Waals surface area (Å²) in [5.41, 5.74) is 1.94. The third-order valence-corrected chi connectivity index (χ3v) is 5.85. The SMILES string of the molecule is O=S(=O)(Nc1cccc(-c2ccc(N3CCOCC3)nn2)c1)c1ccccc1. The number of sulfonamides is 1. The topological polar surface area (TPSA) is 84.4 Å². The van der Waals surface area contributed by atoms with Crippen molar-refractivity contribution in [1.82, 2.24) is 10.2 Å². The van der Waals surface area contributed by atoms with Gasteiger partial charge in [0.25, 0.3) is 10.0 Å². The Labute approximate surface area is 164 Å². The minimum Gasteiger partial charge on any atom is -0.378 e. The number of nitrogens with zero attached hydrogens (tertiary/aromatic N) is 3. The van der Waals surface area contributed by atoms with Crippen molar-refractivity contribution in [1.29, 1.82) is 0 Å². The molecule has 1 fully saturated rings. The Hall–Kier alpha value is -2.97. The minimum atomic E-state index is -3.64. The molecule has 3 aromatic rings. The van der Waals surface area contributed by atoms with Crippen LogP contribution in [0.5, 0.6) is 0 Å². The van der Waals surface area contributed by atoms with Crippen molar-refractivity contribution in [2.45, 2.75) is 4.90 Å². The zero-order chi connectivity index (χ0) is 19.4. The average Bonchev–Trinajstić information content (AvgIpc) is 2.75. The molecule has 1 N–H and O–H groups in total. The fourth-order valence-electron chi connectivity index (χ4n) is 3.00. The van der Waals surface area contributed by atoms with Gasteiger partial charge in [-0.15, -0.1) is 10.2 Å². The smallest absolute Gasteiger partial charge is 0.261 e. The lowest BCUT2D eigenvalue weighted by atomic mass is 10.1. The van der Waals surface area contributed by atoms with Crippen LogP contribution in [0.15, 0.2) is 71.6 Å². The molecule has 7 nitrogen and oxygen atoms in total. The number of morpholine rings is 1. The molecule has 0 spiro atoms. The summed E-state index contributed by atoms with van der Waals surface area (Å²) < 4.78 is 33.0. The standard InChI is InChI=1S/C20H20N4O3S/c25-28(26,18-7-2-1-3-8-18)23-17-6-4-5-16(15-17)19-9-10-20(22-21-19)24-11-13-27-14-12-24/h1-10,15,23H,11-14H2. The first-order valence-electron chi connectivity index (χ1n) is 8.96. The quantitative estimate of drug-likeness (QED) is 0.714. The maximum Gasteiger partial charge on any atom is 0.261 e. The molecule has 0 atom stereocenters. The Bertz CT molecular complexity index is 1030. The molecule has 0 amide bonds. The van der Waals surface area contributed by atoms with E-state index < -0.39 is 10.0 Å². The number of nitrogens with one attached hydrogen (secondary N) is 1. The number of aromatic nitrogens is 2. The number of benzene rings is 2. The van der Waals surface area contributed by atoms with Gasteiger partial charge in [-0.1, -0.05) is 30.3 Å². The summed E-state index contributed by atoms with van der Waals surface area (Å²) in [4.78, 5) is 2.35. The summed E-state index contributed by atoms with van der Waals surface area (Å²) in [6.07, 6.45) is 0. The van der Waals surface area contributed by atoms with Crippen molar-refractivity contribution >= 4 is 21.5 Å². The largest absolute Gasteiger partial charge is 0.378 e. The highest BCUT2D eigenvalue weighted by Gasteiger charge is 2.15. The highest BCUT2D eigenvalue weighted by molar-refractivity contribution is 7.92. The van der Waals surface area contributed by atoms with Gasteiger partial charge in [-0.25, -0.2) is 8.42 Å². The van der Waals surface area contributed by atoms with E-state index in [2.05, 4.69) is 19.8 Å². The zero-order valence-corrected chi connectivity index (χ0v) is 16.0. The second-order valence-corrected chi connectivity index (χ2v) is 8.06. The summed E-state index contributed by atoms with van der Waals surface area (Å²) >= 11 is 0. The van der Waals surface area contributed by atoms with Crippen LogP contribution in [0.1, 0.15) is 0 Å². The normalized spacial score (nSPS) is 14.6. The van der Waals surface area contributed by atoms with Crippen molar-refractivity contribution in [3.8, 4) is 11.3 Å². The first kappa shape index (κ1) is 18.4. The highest BCUT2D eigenvalue weighted by Crippen LogP contribution is 2.24. The molecule has 0 unspecified atom stereocenters. The molecular formula is C20H20N4O3S. The van der Waals surface area contributed by atoms with Crippen LogP contribution in [-0.4, -0.2) is 44.9 Å². The number of hydrogen-bond acceptors (Lipinski definition) is 6. The Balaban J connectivity index is 1.54. The van der Waals surface area contributed by atoms with Crippen molar-refractivity contribution in [3.05, 3.63) is 66.7 Å². The lowest BCUT2D eigenvalue weighted by Gasteiger charge is -2.27. The van der Waals surface area contributed by atoms with Gasteiger partial charge < -0.3 is 9.64 Å². The van der Waals surface area contributed by atoms with E-state index in [1.807, 2.05) is 18.2 Å². The summed E-state index contributed by atoms with van der Waals surface area (Å²) in [5, 5.41) is 8.62. The van der Waals surface area contributed by atoms with Gasteiger partial charge in [-0.2, -0.15) is 0 Å². The predicted octanol–water partition coefficient (Wildman–Crippen LogP) is 2.78. The molecular weight excluding hydrogens is 376 g/mol. The molecule has 1 aliphatic heterocycles. The van der Waals surface area contributed by atoms with Crippen molar-refractivity contribution in [2.24, 2.45) is 0 Å². The summed E-state index contributed by atoms with van der Waals surface area (Å²) in [6, 6.07) is 19.2. The lowest BCUT2D eigenvalue weighted by molar-refractivity contribution is 0.122. The van der Waals surface area contributed by atoms with Crippen LogP contribution in [0.3, 0.4) is 0 Å². The average molecular weight is 396 g/mol. The number of ether oxygens (including phenoxy) is 1. The van der Waals surface area contributed by atoms with Gasteiger partial charge in [0.05, 0.1) is 23.8 Å². The van der Waals surface area contributed by atoms with Crippen LogP contribution in [-0.2, 0) is 14.8 Å². The molecule has 8 heteroatoms. The Kier molecular flexibility index (Phi) is 5.23. The molecule has 0 saturated carbocycles. The molecule has 4 rings (SSSR count). The second-order valence-electron chi connectivity index (χ2n) is 6.38. The fourth-order valence-corrected chi connectivity index (χ4v) is 4.07. The number of rotatable bonds is 5. The van der Waals surface area contributed by atoms with Crippen LogP contribution >= 0.6 is 0 Å². The third kappa shape index (κ3) is 4.13. The van der Waals surface area contributed by atoms with Gasteiger partial charge in [0.2, 0.25) is 0 Å². The van der Waals surface area contributed by atoms with Crippen LogP contribution in [0.25, 0.3) is 11.3 Å². The summed E-state index contributed by atoms with van der Waals surface area (Å²) in [6.45, 7) is 2.97. The van der Waals surface area contributed by atoms with Crippen molar-refractivity contribution < 1.29 is 13.2 Å². The van der Waals surface area contributed by atoms with Crippen molar-refractivity contribution in [2.75, 3.05) is 35.9 Å². The molecule has 1 aromatic heterocycles. The summed E-state index contributed by atoms with van der Waals surface area (Å²) in [7, 11) is -3.64. The van der Waals surface area contributed by atoms with E-state index in [0.29, 0.717) is 24.6 Å². The highest BCUT2D eigenvalue weighted by atomic mass is 32.2.